The molecule has 0 bridgehead atoms. The van der Waals surface area contributed by atoms with Gasteiger partial charge in [0.25, 0.3) is 0 Å². The summed E-state index contributed by atoms with van der Waals surface area (Å²) in [6.07, 6.45) is 2.77. The van der Waals surface area contributed by atoms with Gasteiger partial charge in [0.15, 0.2) is 0 Å². The van der Waals surface area contributed by atoms with Crippen molar-refractivity contribution in [1.29, 1.82) is 0 Å². The first-order chi connectivity index (χ1) is 8.19. The lowest BCUT2D eigenvalue weighted by molar-refractivity contribution is 0.0567. The Morgan fingerprint density at radius 2 is 1.83 bits per heavy atom. The minimum atomic E-state index is -0.165. The Morgan fingerprint density at radius 3 is 2.22 bits per heavy atom. The van der Waals surface area contributed by atoms with Crippen LogP contribution in [0.4, 0.5) is 0 Å². The van der Waals surface area contributed by atoms with Crippen molar-refractivity contribution in [3.8, 4) is 0 Å². The molecule has 0 spiro atoms. The third kappa shape index (κ3) is 4.22. The Balaban J connectivity index is 2.64. The highest BCUT2D eigenvalue weighted by Gasteiger charge is 2.39. The zero-order valence-corrected chi connectivity index (χ0v) is 13.1. The predicted molar refractivity (Wildman–Crippen MR) is 77.7 cm³/mol. The van der Waals surface area contributed by atoms with Gasteiger partial charge in [0, 0.05) is 31.8 Å². The topological polar surface area (TPSA) is 38.5 Å². The molecule has 1 rings (SSSR count). The van der Waals surface area contributed by atoms with E-state index < -0.39 is 0 Å². The van der Waals surface area contributed by atoms with Gasteiger partial charge in [0.1, 0.15) is 0 Å². The summed E-state index contributed by atoms with van der Waals surface area (Å²) in [5, 5.41) is 0. The Morgan fingerprint density at radius 1 is 1.28 bits per heavy atom. The molecule has 1 atom stereocenters. The fraction of sp³-hybridized carbons (Fsp3) is 1.00. The second kappa shape index (κ2) is 5.89. The first-order valence-electron chi connectivity index (χ1n) is 7.21. The van der Waals surface area contributed by atoms with Crippen molar-refractivity contribution in [2.24, 2.45) is 17.1 Å². The zero-order chi connectivity index (χ0) is 14.0. The highest BCUT2D eigenvalue weighted by atomic mass is 16.5. The van der Waals surface area contributed by atoms with Gasteiger partial charge in [-0.3, -0.25) is 4.90 Å². The molecule has 3 heteroatoms. The van der Waals surface area contributed by atoms with Crippen LogP contribution in [0.2, 0.25) is 0 Å². The van der Waals surface area contributed by atoms with E-state index in [-0.39, 0.29) is 11.0 Å². The largest absolute Gasteiger partial charge is 0.383 e. The molecule has 0 radical (unpaired) electrons. The van der Waals surface area contributed by atoms with E-state index in [1.54, 1.807) is 7.11 Å². The van der Waals surface area contributed by atoms with Gasteiger partial charge in [-0.05, 0) is 44.9 Å². The fourth-order valence-electron chi connectivity index (χ4n) is 2.22. The second-order valence-corrected chi connectivity index (χ2v) is 7.15. The van der Waals surface area contributed by atoms with E-state index in [2.05, 4.69) is 39.5 Å². The molecule has 2 N–H and O–H groups in total. The Bertz CT molecular complexity index is 254. The summed E-state index contributed by atoms with van der Waals surface area (Å²) in [4.78, 5) is 2.57. The highest BCUT2D eigenvalue weighted by Crippen LogP contribution is 2.37. The van der Waals surface area contributed by atoms with E-state index in [9.17, 15) is 0 Å². The molecule has 108 valence electrons. The van der Waals surface area contributed by atoms with Crippen molar-refractivity contribution >= 4 is 0 Å². The average Bonchev–Trinajstić information content (AvgIpc) is 3.05. The van der Waals surface area contributed by atoms with Gasteiger partial charge in [-0.2, -0.15) is 0 Å². The van der Waals surface area contributed by atoms with Gasteiger partial charge in [-0.15, -0.1) is 0 Å². The molecule has 0 aliphatic heterocycles. The molecule has 1 aliphatic carbocycles. The maximum atomic E-state index is 6.32. The van der Waals surface area contributed by atoms with Crippen molar-refractivity contribution in [1.82, 2.24) is 4.90 Å². The van der Waals surface area contributed by atoms with E-state index in [1.807, 2.05) is 0 Å². The number of methoxy groups -OCH3 is 1. The molecule has 1 unspecified atom stereocenters. The molecule has 0 heterocycles. The Hall–Kier alpha value is -0.120. The number of nitrogens with zero attached hydrogens (tertiary/aromatic N) is 1. The minimum Gasteiger partial charge on any atom is -0.383 e. The average molecular weight is 256 g/mol. The van der Waals surface area contributed by atoms with Crippen LogP contribution in [0.1, 0.15) is 47.5 Å². The molecule has 0 aromatic heterocycles. The lowest BCUT2D eigenvalue weighted by atomic mass is 9.74. The van der Waals surface area contributed by atoms with Crippen LogP contribution in [0, 0.1) is 11.3 Å². The first-order valence-corrected chi connectivity index (χ1v) is 7.21. The number of nitrogens with two attached hydrogens (primary N) is 1. The molecule has 0 saturated heterocycles. The van der Waals surface area contributed by atoms with Crippen molar-refractivity contribution in [2.45, 2.75) is 59.0 Å². The van der Waals surface area contributed by atoms with Crippen molar-refractivity contribution in [3.05, 3.63) is 0 Å². The van der Waals surface area contributed by atoms with Crippen LogP contribution in [0.25, 0.3) is 0 Å². The lowest BCUT2D eigenvalue weighted by Crippen LogP contribution is -2.55. The molecule has 18 heavy (non-hydrogen) atoms. The van der Waals surface area contributed by atoms with E-state index in [1.165, 1.54) is 12.8 Å². The van der Waals surface area contributed by atoms with Crippen LogP contribution in [0.5, 0.6) is 0 Å². The summed E-state index contributed by atoms with van der Waals surface area (Å²) >= 11 is 0. The van der Waals surface area contributed by atoms with Gasteiger partial charge in [0.2, 0.25) is 0 Å². The predicted octanol–water partition coefficient (Wildman–Crippen LogP) is 2.50. The van der Waals surface area contributed by atoms with Crippen molar-refractivity contribution < 1.29 is 4.74 Å². The molecule has 1 fully saturated rings. The summed E-state index contributed by atoms with van der Waals surface area (Å²) < 4.78 is 5.25. The van der Waals surface area contributed by atoms with E-state index in [4.69, 9.17) is 10.5 Å². The molecular weight excluding hydrogens is 224 g/mol. The van der Waals surface area contributed by atoms with Gasteiger partial charge in [0.05, 0.1) is 6.61 Å². The normalized spacial score (nSPS) is 19.3. The van der Waals surface area contributed by atoms with E-state index in [0.29, 0.717) is 6.04 Å². The Labute approximate surface area is 113 Å². The van der Waals surface area contributed by atoms with Crippen LogP contribution < -0.4 is 5.73 Å². The monoisotopic (exact) mass is 256 g/mol. The van der Waals surface area contributed by atoms with Gasteiger partial charge in [-0.1, -0.05) is 13.8 Å². The van der Waals surface area contributed by atoms with Crippen LogP contribution in [0.3, 0.4) is 0 Å². The quantitative estimate of drug-likeness (QED) is 0.725. The smallest absolute Gasteiger partial charge is 0.0589 e. The summed E-state index contributed by atoms with van der Waals surface area (Å²) in [7, 11) is 1.78. The van der Waals surface area contributed by atoms with Crippen LogP contribution >= 0.6 is 0 Å². The maximum absolute atomic E-state index is 6.32. The van der Waals surface area contributed by atoms with Crippen molar-refractivity contribution in [3.63, 3.8) is 0 Å². The van der Waals surface area contributed by atoms with Crippen LogP contribution in [-0.2, 0) is 4.74 Å². The SMILES string of the molecule is COCCN(CC(C)(C)C(C)(C)N)C(C)C1CC1. The molecule has 1 aliphatic rings. The minimum absolute atomic E-state index is 0.101. The zero-order valence-electron chi connectivity index (χ0n) is 13.1. The van der Waals surface area contributed by atoms with Gasteiger partial charge >= 0.3 is 0 Å². The number of rotatable bonds is 8. The number of ether oxygens (including phenoxy) is 1. The van der Waals surface area contributed by atoms with Gasteiger partial charge < -0.3 is 10.5 Å². The van der Waals surface area contributed by atoms with E-state index in [0.717, 1.165) is 25.6 Å². The van der Waals surface area contributed by atoms with Gasteiger partial charge in [-0.25, -0.2) is 0 Å². The first kappa shape index (κ1) is 15.9. The Kier molecular flexibility index (Phi) is 5.22. The fourth-order valence-corrected chi connectivity index (χ4v) is 2.22. The summed E-state index contributed by atoms with van der Waals surface area (Å²) in [6, 6.07) is 0.654. The van der Waals surface area contributed by atoms with E-state index >= 15 is 0 Å². The molecule has 0 amide bonds. The highest BCUT2D eigenvalue weighted by molar-refractivity contribution is 4.95. The summed E-state index contributed by atoms with van der Waals surface area (Å²) in [5.41, 5.74) is 6.26. The second-order valence-electron chi connectivity index (χ2n) is 7.15. The molecule has 1 saturated carbocycles. The van der Waals surface area contributed by atoms with Crippen LogP contribution in [-0.4, -0.2) is 43.3 Å². The van der Waals surface area contributed by atoms with Crippen molar-refractivity contribution in [2.75, 3.05) is 26.8 Å². The third-order valence-corrected chi connectivity index (χ3v) is 4.81. The maximum Gasteiger partial charge on any atom is 0.0589 e. The molecule has 0 aromatic carbocycles. The summed E-state index contributed by atoms with van der Waals surface area (Å²) in [5.74, 6) is 0.888. The number of hydrogen-bond acceptors (Lipinski definition) is 3. The summed E-state index contributed by atoms with van der Waals surface area (Å²) in [6.45, 7) is 14.0. The molecule has 0 aromatic rings. The molecule has 3 nitrogen and oxygen atoms in total. The number of hydrogen-bond donors (Lipinski definition) is 1. The van der Waals surface area contributed by atoms with Crippen LogP contribution in [0.15, 0.2) is 0 Å². The molecular formula is C15H32N2O. The third-order valence-electron chi connectivity index (χ3n) is 4.81. The standard InChI is InChI=1S/C15H32N2O/c1-12(13-7-8-13)17(9-10-18-6)11-14(2,3)15(4,5)16/h12-13H,7-11,16H2,1-6H3. The lowest BCUT2D eigenvalue weighted by Gasteiger charge is -2.44.